The van der Waals surface area contributed by atoms with Gasteiger partial charge in [-0.3, -0.25) is 19.2 Å². The fourth-order valence-electron chi connectivity index (χ4n) is 2.48. The predicted octanol–water partition coefficient (Wildman–Crippen LogP) is 1.43. The molecule has 0 saturated carbocycles. The van der Waals surface area contributed by atoms with E-state index in [2.05, 4.69) is 0 Å². The molecule has 0 N–H and O–H groups in total. The molecule has 22 heavy (non-hydrogen) atoms. The lowest BCUT2D eigenvalue weighted by molar-refractivity contribution is -0.122. The highest BCUT2D eigenvalue weighted by Crippen LogP contribution is 2.30. The van der Waals surface area contributed by atoms with Gasteiger partial charge in [0.1, 0.15) is 10.8 Å². The maximum absolute atomic E-state index is 11.8. The minimum absolute atomic E-state index is 0.0425. The Morgan fingerprint density at radius 2 is 1.05 bits per heavy atom. The minimum Gasteiger partial charge on any atom is -0.274 e. The first-order chi connectivity index (χ1) is 10.4. The zero-order valence-corrected chi connectivity index (χ0v) is 12.7. The van der Waals surface area contributed by atoms with Crippen LogP contribution in [-0.2, 0) is 19.2 Å². The van der Waals surface area contributed by atoms with Gasteiger partial charge in [0.25, 0.3) is 11.8 Å². The average molecular weight is 341 g/mol. The Bertz CT molecular complexity index is 630. The third-order valence-corrected chi connectivity index (χ3v) is 4.23. The van der Waals surface area contributed by atoms with E-state index in [1.54, 1.807) is 0 Å². The molecule has 0 spiro atoms. The van der Waals surface area contributed by atoms with E-state index in [1.807, 2.05) is 0 Å². The van der Waals surface area contributed by atoms with Crippen molar-refractivity contribution in [3.63, 3.8) is 0 Å². The molecule has 4 amide bonds. The highest BCUT2D eigenvalue weighted by molar-refractivity contribution is 6.41. The van der Waals surface area contributed by atoms with Gasteiger partial charge in [-0.15, -0.1) is 23.2 Å². The second-order valence-electron chi connectivity index (χ2n) is 4.99. The SMILES string of the molecule is O=C1CC(Cl)C(=O)N1c1ccc(N2C(=O)CC(Cl)C2=O)cc1. The van der Waals surface area contributed by atoms with E-state index in [0.717, 1.165) is 9.80 Å². The molecule has 2 unspecified atom stereocenters. The third kappa shape index (κ3) is 2.28. The number of imide groups is 2. The van der Waals surface area contributed by atoms with Crippen LogP contribution in [0.4, 0.5) is 11.4 Å². The quantitative estimate of drug-likeness (QED) is 0.602. The number of rotatable bonds is 2. The van der Waals surface area contributed by atoms with Gasteiger partial charge in [0.05, 0.1) is 24.2 Å². The van der Waals surface area contributed by atoms with Crippen LogP contribution in [0.3, 0.4) is 0 Å². The molecule has 6 nitrogen and oxygen atoms in total. The summed E-state index contributed by atoms with van der Waals surface area (Å²) >= 11 is 11.5. The van der Waals surface area contributed by atoms with E-state index in [9.17, 15) is 19.2 Å². The molecule has 3 rings (SSSR count). The minimum atomic E-state index is -0.856. The van der Waals surface area contributed by atoms with Gasteiger partial charge in [0.2, 0.25) is 11.8 Å². The van der Waals surface area contributed by atoms with Crippen molar-refractivity contribution in [3.8, 4) is 0 Å². The van der Waals surface area contributed by atoms with Crippen LogP contribution < -0.4 is 9.80 Å². The van der Waals surface area contributed by atoms with Crippen LogP contribution in [0.2, 0.25) is 0 Å². The van der Waals surface area contributed by atoms with Gasteiger partial charge in [-0.05, 0) is 24.3 Å². The number of amides is 4. The maximum Gasteiger partial charge on any atom is 0.252 e. The highest BCUT2D eigenvalue weighted by Gasteiger charge is 2.40. The highest BCUT2D eigenvalue weighted by atomic mass is 35.5. The lowest BCUT2D eigenvalue weighted by Crippen LogP contribution is -2.32. The number of carbonyl (C=O) groups is 4. The van der Waals surface area contributed by atoms with Crippen molar-refractivity contribution in [2.24, 2.45) is 0 Å². The number of benzene rings is 1. The van der Waals surface area contributed by atoms with E-state index < -0.39 is 22.6 Å². The zero-order valence-electron chi connectivity index (χ0n) is 11.2. The van der Waals surface area contributed by atoms with E-state index >= 15 is 0 Å². The summed E-state index contributed by atoms with van der Waals surface area (Å²) < 4.78 is 0. The molecule has 0 bridgehead atoms. The standard InChI is InChI=1S/C14H10Cl2N2O4/c15-9-5-11(19)17(13(9)21)7-1-2-8(4-3-7)18-12(20)6-10(16)14(18)22/h1-4,9-10H,5-6H2. The van der Waals surface area contributed by atoms with Gasteiger partial charge in [-0.25, -0.2) is 9.80 Å². The van der Waals surface area contributed by atoms with Gasteiger partial charge >= 0.3 is 0 Å². The first-order valence-electron chi connectivity index (χ1n) is 6.52. The fraction of sp³-hybridized carbons (Fsp3) is 0.286. The molecule has 0 radical (unpaired) electrons. The summed E-state index contributed by atoms with van der Waals surface area (Å²) in [5.41, 5.74) is 0.701. The van der Waals surface area contributed by atoms with E-state index in [1.165, 1.54) is 24.3 Å². The van der Waals surface area contributed by atoms with Crippen LogP contribution in [0.15, 0.2) is 24.3 Å². The molecule has 2 atom stereocenters. The molecule has 2 heterocycles. The van der Waals surface area contributed by atoms with Crippen LogP contribution >= 0.6 is 23.2 Å². The van der Waals surface area contributed by atoms with Gasteiger partial charge in [0.15, 0.2) is 0 Å². The Kier molecular flexibility index (Phi) is 3.66. The number of anilines is 2. The summed E-state index contributed by atoms with van der Waals surface area (Å²) in [6.45, 7) is 0. The molecule has 0 aliphatic carbocycles. The number of hydrogen-bond acceptors (Lipinski definition) is 4. The monoisotopic (exact) mass is 340 g/mol. The van der Waals surface area contributed by atoms with E-state index in [4.69, 9.17) is 23.2 Å². The van der Waals surface area contributed by atoms with Crippen molar-refractivity contribution in [2.45, 2.75) is 23.6 Å². The fourth-order valence-corrected chi connectivity index (χ4v) is 2.94. The molecule has 0 aromatic heterocycles. The molecule has 2 saturated heterocycles. The van der Waals surface area contributed by atoms with Crippen molar-refractivity contribution in [1.82, 2.24) is 0 Å². The van der Waals surface area contributed by atoms with Crippen molar-refractivity contribution in [2.75, 3.05) is 9.80 Å². The van der Waals surface area contributed by atoms with Crippen molar-refractivity contribution in [3.05, 3.63) is 24.3 Å². The Balaban J connectivity index is 1.88. The first kappa shape index (κ1) is 15.0. The molecule has 8 heteroatoms. The number of alkyl halides is 2. The molecular weight excluding hydrogens is 331 g/mol. The molecule has 2 aliphatic heterocycles. The smallest absolute Gasteiger partial charge is 0.252 e. The van der Waals surface area contributed by atoms with Gasteiger partial charge < -0.3 is 0 Å². The van der Waals surface area contributed by atoms with Crippen LogP contribution in [-0.4, -0.2) is 34.4 Å². The molecule has 2 fully saturated rings. The number of halogens is 2. The largest absolute Gasteiger partial charge is 0.274 e. The van der Waals surface area contributed by atoms with Gasteiger partial charge in [-0.1, -0.05) is 0 Å². The summed E-state index contributed by atoms with van der Waals surface area (Å²) in [4.78, 5) is 49.2. The van der Waals surface area contributed by atoms with Crippen LogP contribution in [0.1, 0.15) is 12.8 Å². The number of carbonyl (C=O) groups excluding carboxylic acids is 4. The van der Waals surface area contributed by atoms with Gasteiger partial charge in [0, 0.05) is 0 Å². The summed E-state index contributed by atoms with van der Waals surface area (Å²) in [5.74, 6) is -1.72. The van der Waals surface area contributed by atoms with Crippen molar-refractivity contribution < 1.29 is 19.2 Å². The Morgan fingerprint density at radius 1 is 0.727 bits per heavy atom. The summed E-state index contributed by atoms with van der Waals surface area (Å²) in [6, 6.07) is 5.95. The predicted molar refractivity (Wildman–Crippen MR) is 79.9 cm³/mol. The Labute approximate surface area is 135 Å². The normalized spacial score (nSPS) is 25.5. The molecule has 1 aromatic rings. The average Bonchev–Trinajstić information content (AvgIpc) is 2.87. The number of hydrogen-bond donors (Lipinski definition) is 0. The molecule has 114 valence electrons. The lowest BCUT2D eigenvalue weighted by Gasteiger charge is -2.17. The maximum atomic E-state index is 11.8. The van der Waals surface area contributed by atoms with Crippen LogP contribution in [0.5, 0.6) is 0 Å². The lowest BCUT2D eigenvalue weighted by atomic mass is 10.2. The van der Waals surface area contributed by atoms with Crippen molar-refractivity contribution >= 4 is 58.2 Å². The second kappa shape index (κ2) is 5.37. The second-order valence-corrected chi connectivity index (χ2v) is 6.05. The summed E-state index contributed by atoms with van der Waals surface area (Å²) in [7, 11) is 0. The van der Waals surface area contributed by atoms with Gasteiger partial charge in [-0.2, -0.15) is 0 Å². The summed E-state index contributed by atoms with van der Waals surface area (Å²) in [5, 5.41) is -1.71. The van der Waals surface area contributed by atoms with E-state index in [-0.39, 0.29) is 24.7 Å². The topological polar surface area (TPSA) is 74.8 Å². The molecular formula is C14H10Cl2N2O4. The molecule has 1 aromatic carbocycles. The summed E-state index contributed by atoms with van der Waals surface area (Å²) in [6.07, 6.45) is -0.0850. The van der Waals surface area contributed by atoms with E-state index in [0.29, 0.717) is 11.4 Å². The van der Waals surface area contributed by atoms with Crippen LogP contribution in [0.25, 0.3) is 0 Å². The van der Waals surface area contributed by atoms with Crippen molar-refractivity contribution in [1.29, 1.82) is 0 Å². The molecule has 2 aliphatic rings. The third-order valence-electron chi connectivity index (χ3n) is 3.55. The number of nitrogens with zero attached hydrogens (tertiary/aromatic N) is 2. The van der Waals surface area contributed by atoms with Crippen LogP contribution in [0, 0.1) is 0 Å². The Morgan fingerprint density at radius 3 is 1.27 bits per heavy atom. The zero-order chi connectivity index (χ0) is 16.0. The first-order valence-corrected chi connectivity index (χ1v) is 7.39. The Hall–Kier alpha value is -1.92.